The van der Waals surface area contributed by atoms with E-state index in [2.05, 4.69) is 4.98 Å². The summed E-state index contributed by atoms with van der Waals surface area (Å²) in [5.74, 6) is 0.401. The van der Waals surface area contributed by atoms with Crippen LogP contribution in [0.5, 0.6) is 0 Å². The molecule has 2 aromatic heterocycles. The third kappa shape index (κ3) is 3.66. The minimum absolute atomic E-state index is 0.0337. The van der Waals surface area contributed by atoms with Gasteiger partial charge in [0.25, 0.3) is 5.56 Å². The number of rotatable bonds is 5. The summed E-state index contributed by atoms with van der Waals surface area (Å²) in [5, 5.41) is 2.53. The Balaban J connectivity index is 1.77. The summed E-state index contributed by atoms with van der Waals surface area (Å²) in [5.41, 5.74) is 2.47. The number of carbonyl (C=O) groups excluding carboxylic acids is 1. The average molecular weight is 418 g/mol. The molecule has 0 fully saturated rings. The Bertz CT molecular complexity index is 1240. The number of thiophene rings is 1. The third-order valence-electron chi connectivity index (χ3n) is 5.08. The van der Waals surface area contributed by atoms with Gasteiger partial charge in [-0.15, -0.1) is 11.3 Å². The van der Waals surface area contributed by atoms with Gasteiger partial charge in [-0.1, -0.05) is 48.5 Å². The molecule has 5 nitrogen and oxygen atoms in total. The van der Waals surface area contributed by atoms with Crippen molar-refractivity contribution in [2.75, 3.05) is 4.90 Å². The van der Waals surface area contributed by atoms with Crippen molar-refractivity contribution in [1.82, 2.24) is 9.55 Å². The van der Waals surface area contributed by atoms with Crippen molar-refractivity contribution in [3.05, 3.63) is 82.2 Å². The zero-order valence-electron chi connectivity index (χ0n) is 17.2. The van der Waals surface area contributed by atoms with Gasteiger partial charge in [0.05, 0.1) is 5.39 Å². The number of aryl methyl sites for hydroxylation is 1. The maximum atomic E-state index is 13.4. The molecule has 1 amide bonds. The number of aromatic nitrogens is 2. The third-order valence-corrected chi connectivity index (χ3v) is 5.95. The number of anilines is 1. The standard InChI is InChI=1S/C24H23N3O2S/c1-16(2)27(19-12-8-5-9-13-19)21(28)14-26-17(3)25-23-22(24(26)29)20(15-30-23)18-10-6-4-7-11-18/h4-13,15-16H,14H2,1-3H3. The molecule has 0 aliphatic heterocycles. The van der Waals surface area contributed by atoms with Crippen LogP contribution in [0.2, 0.25) is 0 Å². The summed E-state index contributed by atoms with van der Waals surface area (Å²) in [6.45, 7) is 5.66. The summed E-state index contributed by atoms with van der Waals surface area (Å²) in [4.78, 5) is 33.7. The van der Waals surface area contributed by atoms with Gasteiger partial charge in [0.15, 0.2) is 0 Å². The second-order valence-corrected chi connectivity index (χ2v) is 8.30. The number of fused-ring (bicyclic) bond motifs is 1. The van der Waals surface area contributed by atoms with Crippen molar-refractivity contribution in [3.8, 4) is 11.1 Å². The Labute approximate surface area is 179 Å². The van der Waals surface area contributed by atoms with Crippen molar-refractivity contribution >= 4 is 33.1 Å². The van der Waals surface area contributed by atoms with E-state index in [0.29, 0.717) is 16.0 Å². The Hall–Kier alpha value is -3.25. The smallest absolute Gasteiger partial charge is 0.263 e. The van der Waals surface area contributed by atoms with Gasteiger partial charge in [0.2, 0.25) is 5.91 Å². The van der Waals surface area contributed by atoms with Crippen LogP contribution < -0.4 is 10.5 Å². The van der Waals surface area contributed by atoms with Crippen LogP contribution in [0.15, 0.2) is 70.8 Å². The zero-order valence-corrected chi connectivity index (χ0v) is 18.0. The highest BCUT2D eigenvalue weighted by Gasteiger charge is 2.22. The molecule has 30 heavy (non-hydrogen) atoms. The first-order valence-electron chi connectivity index (χ1n) is 9.88. The maximum absolute atomic E-state index is 13.4. The van der Waals surface area contributed by atoms with Gasteiger partial charge in [-0.2, -0.15) is 0 Å². The summed E-state index contributed by atoms with van der Waals surface area (Å²) in [6, 6.07) is 19.3. The maximum Gasteiger partial charge on any atom is 0.263 e. The van der Waals surface area contributed by atoms with E-state index in [4.69, 9.17) is 0 Å². The van der Waals surface area contributed by atoms with Gasteiger partial charge in [0.1, 0.15) is 17.2 Å². The van der Waals surface area contributed by atoms with Crippen molar-refractivity contribution in [3.63, 3.8) is 0 Å². The van der Waals surface area contributed by atoms with Gasteiger partial charge >= 0.3 is 0 Å². The van der Waals surface area contributed by atoms with Crippen molar-refractivity contribution < 1.29 is 4.79 Å². The number of hydrogen-bond acceptors (Lipinski definition) is 4. The number of para-hydroxylation sites is 1. The molecule has 0 aliphatic rings. The van der Waals surface area contributed by atoms with E-state index < -0.39 is 0 Å². The largest absolute Gasteiger partial charge is 0.308 e. The first-order chi connectivity index (χ1) is 14.5. The molecule has 0 bridgehead atoms. The predicted molar refractivity (Wildman–Crippen MR) is 123 cm³/mol. The lowest BCUT2D eigenvalue weighted by Gasteiger charge is -2.27. The molecular weight excluding hydrogens is 394 g/mol. The molecule has 0 atom stereocenters. The average Bonchev–Trinajstić information content (AvgIpc) is 3.16. The van der Waals surface area contributed by atoms with Gasteiger partial charge in [-0.3, -0.25) is 14.2 Å². The molecule has 2 heterocycles. The van der Waals surface area contributed by atoms with Crippen LogP contribution in [0.4, 0.5) is 5.69 Å². The Kier molecular flexibility index (Phi) is 5.50. The van der Waals surface area contributed by atoms with Crippen molar-refractivity contribution in [2.24, 2.45) is 0 Å². The Morgan fingerprint density at radius 1 is 1.07 bits per heavy atom. The molecule has 0 spiro atoms. The quantitative estimate of drug-likeness (QED) is 0.465. The minimum atomic E-state index is -0.178. The lowest BCUT2D eigenvalue weighted by molar-refractivity contribution is -0.119. The number of hydrogen-bond donors (Lipinski definition) is 0. The summed E-state index contributed by atoms with van der Waals surface area (Å²) >= 11 is 1.45. The number of nitrogens with zero attached hydrogens (tertiary/aromatic N) is 3. The van der Waals surface area contributed by atoms with Crippen LogP contribution in [0.25, 0.3) is 21.3 Å². The topological polar surface area (TPSA) is 55.2 Å². The summed E-state index contributed by atoms with van der Waals surface area (Å²) in [7, 11) is 0. The highest BCUT2D eigenvalue weighted by molar-refractivity contribution is 7.17. The predicted octanol–water partition coefficient (Wildman–Crippen LogP) is 4.88. The van der Waals surface area contributed by atoms with Crippen LogP contribution in [0.1, 0.15) is 19.7 Å². The normalized spacial score (nSPS) is 11.2. The molecule has 6 heteroatoms. The number of benzene rings is 2. The molecule has 0 N–H and O–H groups in total. The minimum Gasteiger partial charge on any atom is -0.308 e. The molecule has 4 aromatic rings. The fourth-order valence-corrected chi connectivity index (χ4v) is 4.66. The molecule has 0 aliphatic carbocycles. The molecule has 4 rings (SSSR count). The van der Waals surface area contributed by atoms with E-state index in [9.17, 15) is 9.59 Å². The van der Waals surface area contributed by atoms with E-state index in [-0.39, 0.29) is 24.1 Å². The second-order valence-electron chi connectivity index (χ2n) is 7.44. The van der Waals surface area contributed by atoms with Crippen molar-refractivity contribution in [1.29, 1.82) is 0 Å². The number of amides is 1. The first kappa shape index (κ1) is 20.0. The van der Waals surface area contributed by atoms with E-state index in [0.717, 1.165) is 16.8 Å². The Morgan fingerprint density at radius 3 is 2.33 bits per heavy atom. The molecular formula is C24H23N3O2S. The second kappa shape index (κ2) is 8.24. The molecule has 0 radical (unpaired) electrons. The van der Waals surface area contributed by atoms with Crippen LogP contribution in [-0.4, -0.2) is 21.5 Å². The molecule has 0 unspecified atom stereocenters. The lowest BCUT2D eigenvalue weighted by atomic mass is 10.1. The van der Waals surface area contributed by atoms with Gasteiger partial charge in [-0.25, -0.2) is 4.98 Å². The van der Waals surface area contributed by atoms with Crippen molar-refractivity contribution in [2.45, 2.75) is 33.4 Å². The summed E-state index contributed by atoms with van der Waals surface area (Å²) < 4.78 is 1.49. The van der Waals surface area contributed by atoms with Crippen LogP contribution in [-0.2, 0) is 11.3 Å². The van der Waals surface area contributed by atoms with Gasteiger partial charge in [-0.05, 0) is 38.5 Å². The van der Waals surface area contributed by atoms with Crippen LogP contribution in [0, 0.1) is 6.92 Å². The zero-order chi connectivity index (χ0) is 21.3. The molecule has 0 saturated carbocycles. The first-order valence-corrected chi connectivity index (χ1v) is 10.8. The fraction of sp³-hybridized carbons (Fsp3) is 0.208. The molecule has 152 valence electrons. The van der Waals surface area contributed by atoms with E-state index in [1.807, 2.05) is 79.9 Å². The van der Waals surface area contributed by atoms with Gasteiger partial charge < -0.3 is 4.90 Å². The van der Waals surface area contributed by atoms with E-state index in [1.54, 1.807) is 11.8 Å². The highest BCUT2D eigenvalue weighted by atomic mass is 32.1. The highest BCUT2D eigenvalue weighted by Crippen LogP contribution is 2.30. The van der Waals surface area contributed by atoms with E-state index >= 15 is 0 Å². The van der Waals surface area contributed by atoms with Gasteiger partial charge in [0, 0.05) is 22.7 Å². The fourth-order valence-electron chi connectivity index (χ4n) is 3.67. The lowest BCUT2D eigenvalue weighted by Crippen LogP contribution is -2.41. The number of carbonyl (C=O) groups is 1. The SMILES string of the molecule is Cc1nc2scc(-c3ccccc3)c2c(=O)n1CC(=O)N(c1ccccc1)C(C)C. The summed E-state index contributed by atoms with van der Waals surface area (Å²) in [6.07, 6.45) is 0. The molecule has 2 aromatic carbocycles. The van der Waals surface area contributed by atoms with Crippen LogP contribution in [0.3, 0.4) is 0 Å². The van der Waals surface area contributed by atoms with Crippen LogP contribution >= 0.6 is 11.3 Å². The van der Waals surface area contributed by atoms with E-state index in [1.165, 1.54) is 15.9 Å². The molecule has 0 saturated heterocycles. The Morgan fingerprint density at radius 2 is 1.70 bits per heavy atom. The monoisotopic (exact) mass is 417 g/mol.